The van der Waals surface area contributed by atoms with E-state index in [0.29, 0.717) is 0 Å². The summed E-state index contributed by atoms with van der Waals surface area (Å²) in [6.45, 7) is 1.11. The van der Waals surface area contributed by atoms with Crippen LogP contribution in [0, 0.1) is 23.0 Å². The quantitative estimate of drug-likeness (QED) is 0.834. The average Bonchev–Trinajstić information content (AvgIpc) is 2.27. The molecule has 0 saturated carbocycles. The zero-order valence-electron chi connectivity index (χ0n) is 9.00. The maximum atomic E-state index is 13.4. The molecule has 0 bridgehead atoms. The van der Waals surface area contributed by atoms with Crippen molar-refractivity contribution in [2.24, 2.45) is 0 Å². The summed E-state index contributed by atoms with van der Waals surface area (Å²) in [7, 11) is 0. The predicted octanol–water partition coefficient (Wildman–Crippen LogP) is 1.40. The van der Waals surface area contributed by atoms with Crippen LogP contribution in [-0.4, -0.2) is 17.1 Å². The molecule has 1 rings (SSSR count). The summed E-state index contributed by atoms with van der Waals surface area (Å²) in [5, 5.41) is 19.5. The van der Waals surface area contributed by atoms with Gasteiger partial charge in [-0.3, -0.25) is 4.79 Å². The van der Waals surface area contributed by atoms with Crippen molar-refractivity contribution >= 4 is 5.97 Å². The number of nitriles is 1. The number of hydrogen-bond acceptors (Lipinski definition) is 3. The Bertz CT molecular complexity index is 460. The van der Waals surface area contributed by atoms with Crippen molar-refractivity contribution in [1.82, 2.24) is 5.32 Å². The Morgan fingerprint density at radius 3 is 2.47 bits per heavy atom. The third-order valence-corrected chi connectivity index (χ3v) is 2.23. The summed E-state index contributed by atoms with van der Waals surface area (Å²) in [5.41, 5.74) is -0.396. The van der Waals surface area contributed by atoms with Gasteiger partial charge in [-0.05, 0) is 19.1 Å². The highest BCUT2D eigenvalue weighted by Gasteiger charge is 2.14. The Kier molecular flexibility index (Phi) is 4.12. The van der Waals surface area contributed by atoms with E-state index in [1.165, 1.54) is 6.92 Å². The molecule has 0 fully saturated rings. The maximum Gasteiger partial charge on any atom is 0.320 e. The third kappa shape index (κ3) is 3.23. The topological polar surface area (TPSA) is 73.1 Å². The van der Waals surface area contributed by atoms with E-state index in [1.54, 1.807) is 6.07 Å². The Morgan fingerprint density at radius 1 is 1.53 bits per heavy atom. The van der Waals surface area contributed by atoms with Gasteiger partial charge < -0.3 is 10.4 Å². The molecule has 0 saturated heterocycles. The normalized spacial score (nSPS) is 11.9. The lowest BCUT2D eigenvalue weighted by Crippen LogP contribution is -2.33. The first-order valence-corrected chi connectivity index (χ1v) is 4.80. The molecular formula is C11H10F2N2O2. The molecule has 0 aliphatic heterocycles. The highest BCUT2D eigenvalue weighted by molar-refractivity contribution is 5.72. The SMILES string of the molecule is CC(NCc1c(F)cc(C#N)cc1F)C(=O)O. The second kappa shape index (κ2) is 5.37. The molecule has 1 aromatic rings. The van der Waals surface area contributed by atoms with Gasteiger partial charge in [-0.2, -0.15) is 5.26 Å². The van der Waals surface area contributed by atoms with Crippen LogP contribution in [0.1, 0.15) is 18.1 Å². The number of nitrogens with one attached hydrogen (secondary N) is 1. The van der Waals surface area contributed by atoms with E-state index >= 15 is 0 Å². The van der Waals surface area contributed by atoms with Crippen LogP contribution in [0.5, 0.6) is 0 Å². The number of carboxylic acids is 1. The molecule has 0 heterocycles. The van der Waals surface area contributed by atoms with Crippen molar-refractivity contribution in [3.63, 3.8) is 0 Å². The lowest BCUT2D eigenvalue weighted by atomic mass is 10.1. The van der Waals surface area contributed by atoms with Gasteiger partial charge in [0, 0.05) is 12.1 Å². The smallest absolute Gasteiger partial charge is 0.320 e. The lowest BCUT2D eigenvalue weighted by molar-refractivity contribution is -0.139. The molecule has 0 spiro atoms. The third-order valence-electron chi connectivity index (χ3n) is 2.23. The van der Waals surface area contributed by atoms with E-state index < -0.39 is 23.6 Å². The fourth-order valence-corrected chi connectivity index (χ4v) is 1.18. The molecule has 1 aromatic carbocycles. The first-order valence-electron chi connectivity index (χ1n) is 4.80. The molecule has 17 heavy (non-hydrogen) atoms. The molecule has 2 N–H and O–H groups in total. The molecule has 0 aliphatic rings. The molecular weight excluding hydrogens is 230 g/mol. The minimum absolute atomic E-state index is 0.116. The average molecular weight is 240 g/mol. The van der Waals surface area contributed by atoms with Crippen molar-refractivity contribution < 1.29 is 18.7 Å². The van der Waals surface area contributed by atoms with Gasteiger partial charge in [0.25, 0.3) is 0 Å². The van der Waals surface area contributed by atoms with Crippen LogP contribution in [0.2, 0.25) is 0 Å². The van der Waals surface area contributed by atoms with Gasteiger partial charge >= 0.3 is 5.97 Å². The van der Waals surface area contributed by atoms with E-state index in [9.17, 15) is 13.6 Å². The highest BCUT2D eigenvalue weighted by Crippen LogP contribution is 2.15. The number of hydrogen-bond donors (Lipinski definition) is 2. The number of rotatable bonds is 4. The minimum Gasteiger partial charge on any atom is -0.480 e. The van der Waals surface area contributed by atoms with Crippen LogP contribution in [0.3, 0.4) is 0 Å². The lowest BCUT2D eigenvalue weighted by Gasteiger charge is -2.10. The van der Waals surface area contributed by atoms with Gasteiger partial charge in [0.05, 0.1) is 11.6 Å². The van der Waals surface area contributed by atoms with Gasteiger partial charge in [-0.25, -0.2) is 8.78 Å². The van der Waals surface area contributed by atoms with Gasteiger partial charge in [-0.15, -0.1) is 0 Å². The van der Waals surface area contributed by atoms with Crippen molar-refractivity contribution in [1.29, 1.82) is 5.26 Å². The van der Waals surface area contributed by atoms with Gasteiger partial charge in [0.15, 0.2) is 0 Å². The molecule has 1 unspecified atom stereocenters. The maximum absolute atomic E-state index is 13.4. The molecule has 0 radical (unpaired) electrons. The van der Waals surface area contributed by atoms with Crippen molar-refractivity contribution in [3.8, 4) is 6.07 Å². The fraction of sp³-hybridized carbons (Fsp3) is 0.273. The van der Waals surface area contributed by atoms with E-state index in [-0.39, 0.29) is 17.7 Å². The molecule has 0 aromatic heterocycles. The van der Waals surface area contributed by atoms with Crippen LogP contribution in [0.25, 0.3) is 0 Å². The number of nitrogens with zero attached hydrogens (tertiary/aromatic N) is 1. The number of benzene rings is 1. The van der Waals surface area contributed by atoms with E-state index in [4.69, 9.17) is 10.4 Å². The van der Waals surface area contributed by atoms with Crippen LogP contribution in [-0.2, 0) is 11.3 Å². The summed E-state index contributed by atoms with van der Waals surface area (Å²) in [5.74, 6) is -2.85. The van der Waals surface area contributed by atoms with Crippen molar-refractivity contribution in [3.05, 3.63) is 34.9 Å². The Hall–Kier alpha value is -2.00. The minimum atomic E-state index is -1.11. The van der Waals surface area contributed by atoms with Gasteiger partial charge in [0.2, 0.25) is 0 Å². The first kappa shape index (κ1) is 13.1. The van der Waals surface area contributed by atoms with E-state index in [2.05, 4.69) is 5.32 Å². The van der Waals surface area contributed by atoms with Crippen molar-refractivity contribution in [2.75, 3.05) is 0 Å². The highest BCUT2D eigenvalue weighted by atomic mass is 19.1. The second-order valence-electron chi connectivity index (χ2n) is 3.47. The Morgan fingerprint density at radius 2 is 2.06 bits per heavy atom. The van der Waals surface area contributed by atoms with Crippen LogP contribution in [0.4, 0.5) is 8.78 Å². The molecule has 4 nitrogen and oxygen atoms in total. The first-order chi connectivity index (χ1) is 7.95. The molecule has 90 valence electrons. The molecule has 6 heteroatoms. The largest absolute Gasteiger partial charge is 0.480 e. The summed E-state index contributed by atoms with van der Waals surface area (Å²) in [6.07, 6.45) is 0. The zero-order chi connectivity index (χ0) is 13.0. The van der Waals surface area contributed by atoms with Crippen LogP contribution < -0.4 is 5.32 Å². The Labute approximate surface area is 96.5 Å². The monoisotopic (exact) mass is 240 g/mol. The second-order valence-corrected chi connectivity index (χ2v) is 3.47. The molecule has 1 atom stereocenters. The summed E-state index contributed by atoms with van der Waals surface area (Å²) < 4.78 is 26.7. The van der Waals surface area contributed by atoms with E-state index in [0.717, 1.165) is 12.1 Å². The van der Waals surface area contributed by atoms with Gasteiger partial charge in [-0.1, -0.05) is 0 Å². The van der Waals surface area contributed by atoms with Crippen LogP contribution in [0.15, 0.2) is 12.1 Å². The fourth-order valence-electron chi connectivity index (χ4n) is 1.18. The molecule has 0 aliphatic carbocycles. The Balaban J connectivity index is 2.86. The van der Waals surface area contributed by atoms with Crippen molar-refractivity contribution in [2.45, 2.75) is 19.5 Å². The summed E-state index contributed by atoms with van der Waals surface area (Å²) in [4.78, 5) is 10.5. The zero-order valence-corrected chi connectivity index (χ0v) is 9.00. The van der Waals surface area contributed by atoms with Crippen LogP contribution >= 0.6 is 0 Å². The van der Waals surface area contributed by atoms with E-state index in [1.807, 2.05) is 0 Å². The number of aliphatic carboxylic acids is 1. The summed E-state index contributed by atoms with van der Waals surface area (Å²) >= 11 is 0. The number of halogens is 2. The standard InChI is InChI=1S/C11H10F2N2O2/c1-6(11(16)17)15-5-8-9(12)2-7(4-14)3-10(8)13/h2-3,6,15H,5H2,1H3,(H,16,17). The predicted molar refractivity (Wildman–Crippen MR) is 55.0 cm³/mol. The molecule has 0 amide bonds. The number of carbonyl (C=O) groups is 1. The van der Waals surface area contributed by atoms with Gasteiger partial charge in [0.1, 0.15) is 17.7 Å². The summed E-state index contributed by atoms with van der Waals surface area (Å²) in [6, 6.07) is 2.53. The number of carboxylic acid groups (broad SMARTS) is 1.